The maximum absolute atomic E-state index is 10.5. The van der Waals surface area contributed by atoms with Crippen molar-refractivity contribution >= 4 is 11.6 Å². The Labute approximate surface area is 172 Å². The third kappa shape index (κ3) is 5.87. The number of anilines is 1. The minimum absolute atomic E-state index is 0.279. The summed E-state index contributed by atoms with van der Waals surface area (Å²) in [5, 5.41) is 21.6. The van der Waals surface area contributed by atoms with Crippen LogP contribution in [0.25, 0.3) is 0 Å². The number of methoxy groups -OCH3 is 1. The van der Waals surface area contributed by atoms with Crippen LogP contribution in [0, 0.1) is 0 Å². The van der Waals surface area contributed by atoms with Gasteiger partial charge in [-0.15, -0.1) is 0 Å². The molecule has 2 atom stereocenters. The van der Waals surface area contributed by atoms with E-state index in [2.05, 4.69) is 25.6 Å². The molecule has 1 aromatic carbocycles. The molecule has 29 heavy (non-hydrogen) atoms. The van der Waals surface area contributed by atoms with Crippen LogP contribution in [0.3, 0.4) is 0 Å². The zero-order valence-electron chi connectivity index (χ0n) is 17.5. The van der Waals surface area contributed by atoms with Crippen LogP contribution in [0.5, 0.6) is 5.75 Å². The number of hydrogen-bond acceptors (Lipinski definition) is 5. The molecule has 1 fully saturated rings. The Balaban J connectivity index is 1.61. The maximum Gasteiger partial charge on any atom is 0.191 e. The van der Waals surface area contributed by atoms with E-state index in [1.807, 2.05) is 55.3 Å². The number of aliphatic hydroxyl groups is 1. The molecule has 2 heterocycles. The van der Waals surface area contributed by atoms with E-state index in [1.54, 1.807) is 7.11 Å². The van der Waals surface area contributed by atoms with Crippen LogP contribution in [0.2, 0.25) is 0 Å². The third-order valence-corrected chi connectivity index (χ3v) is 5.06. The quantitative estimate of drug-likeness (QED) is 0.484. The molecule has 1 aromatic heterocycles. The van der Waals surface area contributed by atoms with Crippen LogP contribution in [-0.2, 0) is 7.05 Å². The number of piperidine rings is 1. The predicted molar refractivity (Wildman–Crippen MR) is 116 cm³/mol. The number of aryl methyl sites for hydroxylation is 1. The van der Waals surface area contributed by atoms with Crippen LogP contribution < -0.4 is 20.3 Å². The van der Waals surface area contributed by atoms with E-state index in [9.17, 15) is 5.11 Å². The summed E-state index contributed by atoms with van der Waals surface area (Å²) < 4.78 is 7.07. The molecule has 0 radical (unpaired) electrons. The molecule has 0 aliphatic carbocycles. The normalized spacial score (nSPS) is 18.4. The lowest BCUT2D eigenvalue weighted by molar-refractivity contribution is 0.186. The number of aromatic nitrogens is 2. The first-order valence-corrected chi connectivity index (χ1v) is 10.2. The summed E-state index contributed by atoms with van der Waals surface area (Å²) >= 11 is 0. The molecular formula is C21H32N6O2. The number of ether oxygens (including phenoxy) is 1. The number of nitrogens with zero attached hydrogens (tertiary/aromatic N) is 4. The predicted octanol–water partition coefficient (Wildman–Crippen LogP) is 1.69. The van der Waals surface area contributed by atoms with Crippen LogP contribution in [0.1, 0.15) is 31.4 Å². The third-order valence-electron chi connectivity index (χ3n) is 5.06. The summed E-state index contributed by atoms with van der Waals surface area (Å²) in [6.07, 6.45) is 5.47. The van der Waals surface area contributed by atoms with Crippen molar-refractivity contribution in [3.8, 4) is 5.75 Å². The first kappa shape index (κ1) is 21.0. The van der Waals surface area contributed by atoms with Gasteiger partial charge in [0.1, 0.15) is 5.75 Å². The van der Waals surface area contributed by atoms with Crippen molar-refractivity contribution in [1.29, 1.82) is 0 Å². The minimum Gasteiger partial charge on any atom is -0.497 e. The Morgan fingerprint density at radius 1 is 1.45 bits per heavy atom. The molecule has 8 nitrogen and oxygen atoms in total. The Kier molecular flexibility index (Phi) is 7.35. The summed E-state index contributed by atoms with van der Waals surface area (Å²) in [6, 6.07) is 7.75. The summed E-state index contributed by atoms with van der Waals surface area (Å²) in [4.78, 5) is 6.96. The summed E-state index contributed by atoms with van der Waals surface area (Å²) in [5.41, 5.74) is 1.94. The fourth-order valence-electron chi connectivity index (χ4n) is 3.55. The van der Waals surface area contributed by atoms with Crippen molar-refractivity contribution in [2.45, 2.75) is 31.9 Å². The first-order chi connectivity index (χ1) is 14.1. The van der Waals surface area contributed by atoms with Gasteiger partial charge in [-0.3, -0.25) is 9.67 Å². The van der Waals surface area contributed by atoms with Crippen LogP contribution in [0.15, 0.2) is 41.7 Å². The highest BCUT2D eigenvalue weighted by Gasteiger charge is 2.22. The Bertz CT molecular complexity index is 806. The van der Waals surface area contributed by atoms with E-state index in [1.165, 1.54) is 0 Å². The number of guanidine groups is 1. The van der Waals surface area contributed by atoms with E-state index in [0.29, 0.717) is 0 Å². The fourth-order valence-corrected chi connectivity index (χ4v) is 3.55. The van der Waals surface area contributed by atoms with Gasteiger partial charge in [0.05, 0.1) is 31.6 Å². The van der Waals surface area contributed by atoms with E-state index in [-0.39, 0.29) is 12.6 Å². The van der Waals surface area contributed by atoms with E-state index >= 15 is 0 Å². The van der Waals surface area contributed by atoms with Gasteiger partial charge in [0.25, 0.3) is 0 Å². The van der Waals surface area contributed by atoms with Crippen LogP contribution in [-0.4, -0.2) is 60.2 Å². The van der Waals surface area contributed by atoms with Gasteiger partial charge in [0.15, 0.2) is 5.96 Å². The number of benzene rings is 1. The molecule has 1 aliphatic rings. The largest absolute Gasteiger partial charge is 0.497 e. The molecular weight excluding hydrogens is 368 g/mol. The monoisotopic (exact) mass is 400 g/mol. The minimum atomic E-state index is -0.682. The van der Waals surface area contributed by atoms with Gasteiger partial charge >= 0.3 is 0 Å². The lowest BCUT2D eigenvalue weighted by Gasteiger charge is -2.34. The number of aliphatic hydroxyl groups excluding tert-OH is 1. The lowest BCUT2D eigenvalue weighted by Crippen LogP contribution is -2.51. The standard InChI is InChI=1S/C21H32N6O2/c1-4-22-21(23-13-20(28)16-7-5-9-19(11-16)29-3)25-17-8-6-10-27(14-17)18-12-24-26(2)15-18/h5,7,9,11-12,15,17,20,28H,4,6,8,10,13-14H2,1-3H3,(H2,22,23,25). The summed E-state index contributed by atoms with van der Waals surface area (Å²) in [5.74, 6) is 1.46. The Morgan fingerprint density at radius 2 is 2.31 bits per heavy atom. The molecule has 3 N–H and O–H groups in total. The van der Waals surface area contributed by atoms with E-state index in [0.717, 1.165) is 55.4 Å². The second-order valence-electron chi connectivity index (χ2n) is 7.31. The molecule has 2 unspecified atom stereocenters. The lowest BCUT2D eigenvalue weighted by atomic mass is 10.1. The van der Waals surface area contributed by atoms with Crippen molar-refractivity contribution in [2.75, 3.05) is 38.2 Å². The molecule has 1 saturated heterocycles. The molecule has 0 amide bonds. The highest BCUT2D eigenvalue weighted by molar-refractivity contribution is 5.80. The number of nitrogens with one attached hydrogen (secondary N) is 2. The van der Waals surface area contributed by atoms with Gasteiger partial charge in [-0.25, -0.2) is 0 Å². The number of rotatable bonds is 7. The molecule has 0 spiro atoms. The van der Waals surface area contributed by atoms with Gasteiger partial charge in [-0.05, 0) is 37.5 Å². The number of hydrogen-bond donors (Lipinski definition) is 3. The molecule has 1 aliphatic heterocycles. The topological polar surface area (TPSA) is 86.9 Å². The van der Waals surface area contributed by atoms with Crippen LogP contribution in [0.4, 0.5) is 5.69 Å². The van der Waals surface area contributed by atoms with Crippen molar-refractivity contribution in [1.82, 2.24) is 20.4 Å². The van der Waals surface area contributed by atoms with Crippen molar-refractivity contribution in [3.05, 3.63) is 42.2 Å². The summed E-state index contributed by atoms with van der Waals surface area (Å²) in [7, 11) is 3.56. The zero-order chi connectivity index (χ0) is 20.6. The van der Waals surface area contributed by atoms with Crippen molar-refractivity contribution < 1.29 is 9.84 Å². The van der Waals surface area contributed by atoms with Gasteiger partial charge in [-0.1, -0.05) is 12.1 Å². The molecule has 8 heteroatoms. The molecule has 3 rings (SSSR count). The fraction of sp³-hybridized carbons (Fsp3) is 0.524. The smallest absolute Gasteiger partial charge is 0.191 e. The van der Waals surface area contributed by atoms with E-state index < -0.39 is 6.10 Å². The van der Waals surface area contributed by atoms with Crippen molar-refractivity contribution in [3.63, 3.8) is 0 Å². The average molecular weight is 401 g/mol. The molecule has 0 bridgehead atoms. The average Bonchev–Trinajstić information content (AvgIpc) is 3.18. The second kappa shape index (κ2) is 10.2. The van der Waals surface area contributed by atoms with Crippen LogP contribution >= 0.6 is 0 Å². The second-order valence-corrected chi connectivity index (χ2v) is 7.31. The SMILES string of the molecule is CCNC(=NCC(O)c1cccc(OC)c1)NC1CCCN(c2cnn(C)c2)C1. The van der Waals surface area contributed by atoms with Gasteiger partial charge in [-0.2, -0.15) is 5.10 Å². The van der Waals surface area contributed by atoms with E-state index in [4.69, 9.17) is 4.74 Å². The maximum atomic E-state index is 10.5. The molecule has 0 saturated carbocycles. The first-order valence-electron chi connectivity index (χ1n) is 10.2. The Morgan fingerprint density at radius 3 is 3.03 bits per heavy atom. The highest BCUT2D eigenvalue weighted by Crippen LogP contribution is 2.20. The molecule has 158 valence electrons. The van der Waals surface area contributed by atoms with Gasteiger partial charge < -0.3 is 25.4 Å². The summed E-state index contributed by atoms with van der Waals surface area (Å²) in [6.45, 7) is 5.01. The zero-order valence-corrected chi connectivity index (χ0v) is 17.5. The van der Waals surface area contributed by atoms with Gasteiger partial charge in [0.2, 0.25) is 0 Å². The number of aliphatic imine (C=N–C) groups is 1. The highest BCUT2D eigenvalue weighted by atomic mass is 16.5. The van der Waals surface area contributed by atoms with Gasteiger partial charge in [0, 0.05) is 38.9 Å². The van der Waals surface area contributed by atoms with Crippen molar-refractivity contribution in [2.24, 2.45) is 12.0 Å². The molecule has 2 aromatic rings. The Hall–Kier alpha value is -2.74.